The Kier molecular flexibility index (Phi) is 5.07. The Bertz CT molecular complexity index is 1490. The minimum absolute atomic E-state index is 0.752. The highest BCUT2D eigenvalue weighted by Crippen LogP contribution is 2.42. The molecule has 35 heavy (non-hydrogen) atoms. The molecular formula is C29H28N4O2. The molecule has 2 saturated heterocycles. The summed E-state index contributed by atoms with van der Waals surface area (Å²) in [6.45, 7) is 6.56. The van der Waals surface area contributed by atoms with Crippen molar-refractivity contribution in [2.24, 2.45) is 0 Å². The summed E-state index contributed by atoms with van der Waals surface area (Å²) in [6.07, 6.45) is 2.07. The van der Waals surface area contributed by atoms with Crippen molar-refractivity contribution in [1.29, 1.82) is 0 Å². The summed E-state index contributed by atoms with van der Waals surface area (Å²) in [5.74, 6) is 0. The molecule has 0 amide bonds. The smallest absolute Gasteiger partial charge is 0.145 e. The van der Waals surface area contributed by atoms with Crippen LogP contribution in [0.4, 0.5) is 11.4 Å². The predicted molar refractivity (Wildman–Crippen MR) is 142 cm³/mol. The van der Waals surface area contributed by atoms with Crippen molar-refractivity contribution in [2.45, 2.75) is 0 Å². The van der Waals surface area contributed by atoms with E-state index >= 15 is 0 Å². The fourth-order valence-corrected chi connectivity index (χ4v) is 5.70. The monoisotopic (exact) mass is 464 g/mol. The van der Waals surface area contributed by atoms with Gasteiger partial charge in [-0.05, 0) is 23.6 Å². The van der Waals surface area contributed by atoms with E-state index in [9.17, 15) is 0 Å². The summed E-state index contributed by atoms with van der Waals surface area (Å²) < 4.78 is 13.7. The first-order valence-electron chi connectivity index (χ1n) is 12.5. The number of anilines is 2. The largest absolute Gasteiger partial charge is 0.378 e. The average Bonchev–Trinajstić information content (AvgIpc) is 3.39. The number of aromatic nitrogens is 2. The first kappa shape index (κ1) is 20.7. The van der Waals surface area contributed by atoms with Gasteiger partial charge in [-0.2, -0.15) is 0 Å². The number of morpholine rings is 2. The molecule has 2 aromatic heterocycles. The second-order valence-corrected chi connectivity index (χ2v) is 9.24. The number of hydrogen-bond acceptors (Lipinski definition) is 5. The molecule has 0 N–H and O–H groups in total. The van der Waals surface area contributed by atoms with Crippen LogP contribution in [0.5, 0.6) is 0 Å². The Morgan fingerprint density at radius 2 is 1.17 bits per heavy atom. The van der Waals surface area contributed by atoms with Crippen LogP contribution in [0.15, 0.2) is 72.9 Å². The summed E-state index contributed by atoms with van der Waals surface area (Å²) in [6, 6.07) is 24.0. The van der Waals surface area contributed by atoms with Gasteiger partial charge in [-0.1, -0.05) is 48.5 Å². The van der Waals surface area contributed by atoms with Gasteiger partial charge in [0, 0.05) is 53.9 Å². The first-order valence-corrected chi connectivity index (χ1v) is 12.5. The van der Waals surface area contributed by atoms with Crippen molar-refractivity contribution >= 4 is 38.7 Å². The van der Waals surface area contributed by atoms with Crippen LogP contribution >= 0.6 is 0 Å². The van der Waals surface area contributed by atoms with Crippen LogP contribution in [0, 0.1) is 0 Å². The highest BCUT2D eigenvalue weighted by molar-refractivity contribution is 6.12. The molecule has 0 radical (unpaired) electrons. The standard InChI is InChI=1S/C29H28N4O2/c1-2-8-23-21(6-1)22-7-3-4-9-24(22)33-27(20-30-29(23)33)28-25(31-12-16-34-17-13-31)10-5-11-26(28)32-14-18-35-19-15-32/h1-11,20H,12-19H2. The molecule has 5 aromatic rings. The van der Waals surface area contributed by atoms with Gasteiger partial charge < -0.3 is 19.3 Å². The minimum atomic E-state index is 0.752. The topological polar surface area (TPSA) is 42.2 Å². The summed E-state index contributed by atoms with van der Waals surface area (Å²) in [7, 11) is 0. The SMILES string of the molecule is c1cc(N2CCOCC2)c(-c2cnc3c4ccccc4c4ccccc4n23)c(N2CCOCC2)c1. The molecule has 0 saturated carbocycles. The number of nitrogens with zero attached hydrogens (tertiary/aromatic N) is 4. The Labute approximate surface area is 204 Å². The molecule has 7 rings (SSSR count). The molecule has 0 bridgehead atoms. The van der Waals surface area contributed by atoms with Gasteiger partial charge in [-0.3, -0.25) is 4.40 Å². The Hall–Kier alpha value is -3.61. The molecule has 2 aliphatic heterocycles. The fourth-order valence-electron chi connectivity index (χ4n) is 5.70. The number of rotatable bonds is 3. The summed E-state index contributed by atoms with van der Waals surface area (Å²) in [5.41, 5.74) is 7.04. The molecule has 0 atom stereocenters. The molecule has 2 fully saturated rings. The minimum Gasteiger partial charge on any atom is -0.378 e. The van der Waals surface area contributed by atoms with Crippen LogP contribution in [0.25, 0.3) is 38.6 Å². The molecule has 0 unspecified atom stereocenters. The van der Waals surface area contributed by atoms with Crippen molar-refractivity contribution < 1.29 is 9.47 Å². The van der Waals surface area contributed by atoms with Crippen LogP contribution in [0.3, 0.4) is 0 Å². The third kappa shape index (κ3) is 3.36. The zero-order valence-corrected chi connectivity index (χ0v) is 19.7. The number of benzene rings is 3. The van der Waals surface area contributed by atoms with Gasteiger partial charge in [-0.25, -0.2) is 4.98 Å². The van der Waals surface area contributed by atoms with E-state index in [4.69, 9.17) is 14.5 Å². The molecule has 4 heterocycles. The molecule has 0 aliphatic carbocycles. The van der Waals surface area contributed by atoms with Crippen LogP contribution in [0.2, 0.25) is 0 Å². The van der Waals surface area contributed by atoms with E-state index in [1.165, 1.54) is 38.6 Å². The van der Waals surface area contributed by atoms with Crippen molar-refractivity contribution in [2.75, 3.05) is 62.4 Å². The van der Waals surface area contributed by atoms with Gasteiger partial charge in [0.05, 0.1) is 43.8 Å². The summed E-state index contributed by atoms with van der Waals surface area (Å²) >= 11 is 0. The number of fused-ring (bicyclic) bond motifs is 6. The van der Waals surface area contributed by atoms with E-state index < -0.39 is 0 Å². The molecular weight excluding hydrogens is 436 g/mol. The molecule has 6 heteroatoms. The zero-order valence-electron chi connectivity index (χ0n) is 19.7. The second-order valence-electron chi connectivity index (χ2n) is 9.24. The average molecular weight is 465 g/mol. The lowest BCUT2D eigenvalue weighted by Crippen LogP contribution is -2.38. The van der Waals surface area contributed by atoms with Crippen LogP contribution in [-0.2, 0) is 9.47 Å². The van der Waals surface area contributed by atoms with Crippen LogP contribution in [0.1, 0.15) is 0 Å². The maximum Gasteiger partial charge on any atom is 0.145 e. The Morgan fingerprint density at radius 3 is 1.83 bits per heavy atom. The van der Waals surface area contributed by atoms with Gasteiger partial charge in [0.15, 0.2) is 0 Å². The summed E-state index contributed by atoms with van der Waals surface area (Å²) in [4.78, 5) is 9.95. The maximum atomic E-state index is 5.69. The van der Waals surface area contributed by atoms with Crippen molar-refractivity contribution in [3.05, 3.63) is 72.9 Å². The Balaban J connectivity index is 1.56. The lowest BCUT2D eigenvalue weighted by atomic mass is 10.0. The number of hydrogen-bond donors (Lipinski definition) is 0. The molecule has 2 aliphatic rings. The summed E-state index contributed by atoms with van der Waals surface area (Å²) in [5, 5.41) is 3.66. The number of para-hydroxylation sites is 1. The van der Waals surface area contributed by atoms with E-state index in [2.05, 4.69) is 87.1 Å². The van der Waals surface area contributed by atoms with E-state index in [1.807, 2.05) is 0 Å². The van der Waals surface area contributed by atoms with Gasteiger partial charge in [0.1, 0.15) is 5.65 Å². The van der Waals surface area contributed by atoms with Crippen molar-refractivity contribution in [3.63, 3.8) is 0 Å². The quantitative estimate of drug-likeness (QED) is 0.352. The van der Waals surface area contributed by atoms with Gasteiger partial charge in [-0.15, -0.1) is 0 Å². The van der Waals surface area contributed by atoms with Gasteiger partial charge in [0.25, 0.3) is 0 Å². The van der Waals surface area contributed by atoms with Crippen molar-refractivity contribution in [1.82, 2.24) is 9.38 Å². The molecule has 0 spiro atoms. The normalized spacial score (nSPS) is 17.0. The maximum absolute atomic E-state index is 5.69. The van der Waals surface area contributed by atoms with E-state index in [0.29, 0.717) is 0 Å². The second kappa shape index (κ2) is 8.56. The van der Waals surface area contributed by atoms with Gasteiger partial charge in [0.2, 0.25) is 0 Å². The lowest BCUT2D eigenvalue weighted by molar-refractivity contribution is 0.122. The lowest BCUT2D eigenvalue weighted by Gasteiger charge is -2.35. The molecule has 176 valence electrons. The van der Waals surface area contributed by atoms with Crippen LogP contribution in [-0.4, -0.2) is 62.0 Å². The zero-order chi connectivity index (χ0) is 23.2. The van der Waals surface area contributed by atoms with Gasteiger partial charge >= 0.3 is 0 Å². The van der Waals surface area contributed by atoms with E-state index in [1.54, 1.807) is 0 Å². The number of pyridine rings is 1. The number of ether oxygens (including phenoxy) is 2. The highest BCUT2D eigenvalue weighted by atomic mass is 16.5. The third-order valence-electron chi connectivity index (χ3n) is 7.35. The fraction of sp³-hybridized carbons (Fsp3) is 0.276. The third-order valence-corrected chi connectivity index (χ3v) is 7.35. The van der Waals surface area contributed by atoms with E-state index in [0.717, 1.165) is 63.9 Å². The molecule has 6 nitrogen and oxygen atoms in total. The Morgan fingerprint density at radius 1 is 0.600 bits per heavy atom. The highest BCUT2D eigenvalue weighted by Gasteiger charge is 2.25. The van der Waals surface area contributed by atoms with Crippen molar-refractivity contribution in [3.8, 4) is 11.3 Å². The predicted octanol–water partition coefficient (Wildman–Crippen LogP) is 4.98. The first-order chi connectivity index (χ1) is 17.4. The molecule has 3 aromatic carbocycles. The number of imidazole rings is 1. The van der Waals surface area contributed by atoms with E-state index in [-0.39, 0.29) is 0 Å². The van der Waals surface area contributed by atoms with Crippen LogP contribution < -0.4 is 9.80 Å².